The number of hydrogen-bond donors (Lipinski definition) is 1. The number of isothiocyanates is 1. The molecule has 1 unspecified atom stereocenters. The first kappa shape index (κ1) is 10.6. The molecule has 0 saturated heterocycles. The lowest BCUT2D eigenvalue weighted by atomic mass is 10.1. The van der Waals surface area contributed by atoms with Crippen LogP contribution in [0.25, 0.3) is 0 Å². The minimum atomic E-state index is -0.980. The molecule has 0 saturated carbocycles. The summed E-state index contributed by atoms with van der Waals surface area (Å²) < 4.78 is 0. The van der Waals surface area contributed by atoms with Crippen molar-refractivity contribution >= 4 is 23.3 Å². The number of rotatable bonds is 4. The van der Waals surface area contributed by atoms with E-state index in [1.165, 1.54) is 0 Å². The monoisotopic (exact) mass is 207 g/mol. The molecule has 1 atom stereocenters. The second-order valence-corrected chi connectivity index (χ2v) is 2.95. The number of benzene rings is 1. The number of aliphatic imine (C=N–C) groups is 1. The maximum atomic E-state index is 10.7. The quantitative estimate of drug-likeness (QED) is 0.605. The normalized spacial score (nSPS) is 11.4. The van der Waals surface area contributed by atoms with Crippen LogP contribution in [-0.2, 0) is 11.2 Å². The van der Waals surface area contributed by atoms with Crippen molar-refractivity contribution in [1.29, 1.82) is 0 Å². The number of carboxylic acids is 1. The summed E-state index contributed by atoms with van der Waals surface area (Å²) in [4.78, 5) is 14.3. The third kappa shape index (κ3) is 3.09. The molecule has 0 bridgehead atoms. The summed E-state index contributed by atoms with van der Waals surface area (Å²) >= 11 is 4.38. The second kappa shape index (κ2) is 5.27. The van der Waals surface area contributed by atoms with E-state index in [4.69, 9.17) is 5.11 Å². The molecule has 1 aromatic rings. The lowest BCUT2D eigenvalue weighted by molar-refractivity contribution is -0.138. The fourth-order valence-electron chi connectivity index (χ4n) is 1.09. The molecule has 72 valence electrons. The van der Waals surface area contributed by atoms with E-state index in [-0.39, 0.29) is 0 Å². The molecule has 0 amide bonds. The number of aliphatic carboxylic acids is 1. The fourth-order valence-corrected chi connectivity index (χ4v) is 1.22. The summed E-state index contributed by atoms with van der Waals surface area (Å²) in [7, 11) is 0. The SMILES string of the molecule is O=C(O)C(Cc1ccccc1)N=C=S. The highest BCUT2D eigenvalue weighted by Crippen LogP contribution is 2.05. The van der Waals surface area contributed by atoms with Gasteiger partial charge in [-0.15, -0.1) is 0 Å². The highest BCUT2D eigenvalue weighted by atomic mass is 32.1. The van der Waals surface area contributed by atoms with Crippen molar-refractivity contribution in [3.05, 3.63) is 35.9 Å². The van der Waals surface area contributed by atoms with Crippen LogP contribution in [0, 0.1) is 0 Å². The van der Waals surface area contributed by atoms with E-state index >= 15 is 0 Å². The van der Waals surface area contributed by atoms with E-state index in [0.717, 1.165) is 5.56 Å². The van der Waals surface area contributed by atoms with Crippen LogP contribution in [-0.4, -0.2) is 22.3 Å². The summed E-state index contributed by atoms with van der Waals surface area (Å²) in [5, 5.41) is 10.9. The van der Waals surface area contributed by atoms with Crippen molar-refractivity contribution < 1.29 is 9.90 Å². The van der Waals surface area contributed by atoms with Crippen molar-refractivity contribution in [3.63, 3.8) is 0 Å². The summed E-state index contributed by atoms with van der Waals surface area (Å²) in [5.41, 5.74) is 0.925. The van der Waals surface area contributed by atoms with E-state index < -0.39 is 12.0 Å². The van der Waals surface area contributed by atoms with Gasteiger partial charge in [0.1, 0.15) is 0 Å². The van der Waals surface area contributed by atoms with Crippen LogP contribution in [0.3, 0.4) is 0 Å². The Morgan fingerprint density at radius 2 is 2.14 bits per heavy atom. The minimum Gasteiger partial charge on any atom is -0.480 e. The van der Waals surface area contributed by atoms with Crippen LogP contribution in [0.1, 0.15) is 5.56 Å². The van der Waals surface area contributed by atoms with Gasteiger partial charge in [0.05, 0.1) is 5.16 Å². The molecule has 1 rings (SSSR count). The molecule has 1 N–H and O–H groups in total. The molecule has 0 aromatic heterocycles. The highest BCUT2D eigenvalue weighted by Gasteiger charge is 2.15. The lowest BCUT2D eigenvalue weighted by Crippen LogP contribution is -2.20. The molecule has 3 nitrogen and oxygen atoms in total. The van der Waals surface area contributed by atoms with Crippen molar-refractivity contribution in [3.8, 4) is 0 Å². The van der Waals surface area contributed by atoms with E-state index in [0.29, 0.717) is 6.42 Å². The third-order valence-corrected chi connectivity index (χ3v) is 1.87. The molecular weight excluding hydrogens is 198 g/mol. The molecule has 0 aliphatic heterocycles. The smallest absolute Gasteiger partial charge is 0.329 e. The predicted octanol–water partition coefficient (Wildman–Crippen LogP) is 1.79. The van der Waals surface area contributed by atoms with Gasteiger partial charge in [0.25, 0.3) is 0 Å². The standard InChI is InChI=1S/C10H9NO2S/c12-10(13)9(11-7-14)6-8-4-2-1-3-5-8/h1-5,9H,6H2,(H,12,13). The average molecular weight is 207 g/mol. The first-order valence-electron chi connectivity index (χ1n) is 4.07. The molecule has 1 aromatic carbocycles. The molecule has 0 fully saturated rings. The van der Waals surface area contributed by atoms with Crippen LogP contribution >= 0.6 is 12.2 Å². The zero-order valence-electron chi connectivity index (χ0n) is 7.38. The summed E-state index contributed by atoms with van der Waals surface area (Å²) in [6, 6.07) is 8.48. The Kier molecular flexibility index (Phi) is 3.98. The first-order chi connectivity index (χ1) is 6.74. The molecule has 0 radical (unpaired) electrons. The highest BCUT2D eigenvalue weighted by molar-refractivity contribution is 7.78. The Bertz CT molecular complexity index is 356. The zero-order chi connectivity index (χ0) is 10.4. The first-order valence-corrected chi connectivity index (χ1v) is 4.48. The number of hydrogen-bond acceptors (Lipinski definition) is 3. The molecule has 0 heterocycles. The molecule has 0 spiro atoms. The van der Waals surface area contributed by atoms with E-state index in [2.05, 4.69) is 22.4 Å². The molecule has 4 heteroatoms. The maximum absolute atomic E-state index is 10.7. The van der Waals surface area contributed by atoms with Gasteiger partial charge >= 0.3 is 5.97 Å². The van der Waals surface area contributed by atoms with Gasteiger partial charge in [-0.25, -0.2) is 9.79 Å². The minimum absolute atomic E-state index is 0.347. The van der Waals surface area contributed by atoms with Gasteiger partial charge in [-0.2, -0.15) is 0 Å². The number of carboxylic acid groups (broad SMARTS) is 1. The van der Waals surface area contributed by atoms with Crippen LogP contribution in [0.2, 0.25) is 0 Å². The summed E-state index contributed by atoms with van der Waals surface area (Å²) in [6.07, 6.45) is 0.347. The van der Waals surface area contributed by atoms with Gasteiger partial charge in [0, 0.05) is 6.42 Å². The molecule has 0 aliphatic carbocycles. The second-order valence-electron chi connectivity index (χ2n) is 2.76. The van der Waals surface area contributed by atoms with E-state index in [1.807, 2.05) is 30.3 Å². The number of carbonyl (C=O) groups is 1. The Labute approximate surface area is 87.1 Å². The predicted molar refractivity (Wildman–Crippen MR) is 56.6 cm³/mol. The van der Waals surface area contributed by atoms with E-state index in [9.17, 15) is 4.79 Å². The van der Waals surface area contributed by atoms with Crippen molar-refractivity contribution in [2.24, 2.45) is 4.99 Å². The van der Waals surface area contributed by atoms with Crippen molar-refractivity contribution in [2.75, 3.05) is 0 Å². The van der Waals surface area contributed by atoms with Crippen LogP contribution in [0.5, 0.6) is 0 Å². The number of thiocarbonyl (C=S) groups is 1. The fraction of sp³-hybridized carbons (Fsp3) is 0.200. The Balaban J connectivity index is 2.75. The van der Waals surface area contributed by atoms with Gasteiger partial charge in [0.2, 0.25) is 0 Å². The summed E-state index contributed by atoms with van der Waals surface area (Å²) in [5.74, 6) is -0.980. The largest absolute Gasteiger partial charge is 0.480 e. The molecule has 0 aliphatic rings. The molecule has 14 heavy (non-hydrogen) atoms. The zero-order valence-corrected chi connectivity index (χ0v) is 8.20. The third-order valence-electron chi connectivity index (χ3n) is 1.77. The number of nitrogens with zero attached hydrogens (tertiary/aromatic N) is 1. The van der Waals surface area contributed by atoms with Gasteiger partial charge in [-0.1, -0.05) is 30.3 Å². The maximum Gasteiger partial charge on any atom is 0.329 e. The molecular formula is C10H9NO2S. The Hall–Kier alpha value is -1.51. The Morgan fingerprint density at radius 3 is 2.64 bits per heavy atom. The van der Waals surface area contributed by atoms with E-state index in [1.54, 1.807) is 0 Å². The Morgan fingerprint density at radius 1 is 1.50 bits per heavy atom. The van der Waals surface area contributed by atoms with Crippen LogP contribution in [0.4, 0.5) is 0 Å². The summed E-state index contributed by atoms with van der Waals surface area (Å²) in [6.45, 7) is 0. The van der Waals surface area contributed by atoms with Gasteiger partial charge in [-0.3, -0.25) is 0 Å². The topological polar surface area (TPSA) is 49.7 Å². The van der Waals surface area contributed by atoms with Crippen LogP contribution in [0.15, 0.2) is 35.3 Å². The van der Waals surface area contributed by atoms with Gasteiger partial charge in [0.15, 0.2) is 6.04 Å². The van der Waals surface area contributed by atoms with Crippen LogP contribution < -0.4 is 0 Å². The van der Waals surface area contributed by atoms with Gasteiger partial charge < -0.3 is 5.11 Å². The van der Waals surface area contributed by atoms with Crippen molar-refractivity contribution in [1.82, 2.24) is 0 Å². The van der Waals surface area contributed by atoms with Crippen molar-refractivity contribution in [2.45, 2.75) is 12.5 Å². The lowest BCUT2D eigenvalue weighted by Gasteiger charge is -2.04. The van der Waals surface area contributed by atoms with Gasteiger partial charge in [-0.05, 0) is 17.8 Å². The average Bonchev–Trinajstić information content (AvgIpc) is 2.18.